The average molecular weight is 268 g/mol. The molecule has 88 valence electrons. The summed E-state index contributed by atoms with van der Waals surface area (Å²) in [5.41, 5.74) is -3.19. The Morgan fingerprint density at radius 3 is 2.44 bits per heavy atom. The highest BCUT2D eigenvalue weighted by Gasteiger charge is 2.26. The lowest BCUT2D eigenvalue weighted by molar-refractivity contribution is -0.384. The summed E-state index contributed by atoms with van der Waals surface area (Å²) in [5.74, 6) is 0. The molecule has 0 aliphatic heterocycles. The van der Waals surface area contributed by atoms with Crippen LogP contribution in [0.15, 0.2) is 18.2 Å². The number of halogens is 1. The van der Waals surface area contributed by atoms with Gasteiger partial charge in [-0.1, -0.05) is 11.6 Å². The van der Waals surface area contributed by atoms with Gasteiger partial charge in [-0.15, -0.1) is 0 Å². The molecule has 0 aliphatic rings. The van der Waals surface area contributed by atoms with Gasteiger partial charge in [0.15, 0.2) is 0 Å². The number of rotatable bonds is 3. The Morgan fingerprint density at radius 1 is 1.44 bits per heavy atom. The zero-order chi connectivity index (χ0) is 12.5. The standard InChI is InChI=1S/C7H6ClNO6S/c8-6-2-1-4(9(11)12)3-5(6)7(10)16(13,14)15/h1-3,7,10H,(H,13,14,15). The molecule has 0 aromatic heterocycles. The first-order valence-corrected chi connectivity index (χ1v) is 5.70. The van der Waals surface area contributed by atoms with Crippen molar-refractivity contribution in [3.05, 3.63) is 38.9 Å². The Bertz CT molecular complexity index is 528. The van der Waals surface area contributed by atoms with Crippen LogP contribution in [0.2, 0.25) is 5.02 Å². The van der Waals surface area contributed by atoms with Crippen molar-refractivity contribution in [3.8, 4) is 0 Å². The van der Waals surface area contributed by atoms with Crippen LogP contribution in [0, 0.1) is 10.1 Å². The number of aliphatic hydroxyl groups is 1. The predicted molar refractivity (Wildman–Crippen MR) is 54.6 cm³/mol. The summed E-state index contributed by atoms with van der Waals surface area (Å²) in [6.45, 7) is 0. The van der Waals surface area contributed by atoms with Gasteiger partial charge < -0.3 is 5.11 Å². The van der Waals surface area contributed by atoms with Crippen molar-refractivity contribution in [2.24, 2.45) is 0 Å². The molecule has 1 atom stereocenters. The minimum absolute atomic E-state index is 0.198. The monoisotopic (exact) mass is 267 g/mol. The molecule has 1 aromatic carbocycles. The zero-order valence-corrected chi connectivity index (χ0v) is 9.14. The van der Waals surface area contributed by atoms with E-state index in [9.17, 15) is 23.6 Å². The fraction of sp³-hybridized carbons (Fsp3) is 0.143. The molecule has 16 heavy (non-hydrogen) atoms. The largest absolute Gasteiger partial charge is 0.371 e. The maximum absolute atomic E-state index is 10.6. The molecule has 0 spiro atoms. The van der Waals surface area contributed by atoms with Crippen molar-refractivity contribution in [3.63, 3.8) is 0 Å². The molecule has 0 bridgehead atoms. The Labute approximate surface area is 95.2 Å². The molecule has 1 aromatic rings. The van der Waals surface area contributed by atoms with Gasteiger partial charge in [-0.2, -0.15) is 8.42 Å². The van der Waals surface area contributed by atoms with Crippen molar-refractivity contribution in [1.29, 1.82) is 0 Å². The van der Waals surface area contributed by atoms with Gasteiger partial charge in [-0.05, 0) is 6.07 Å². The third-order valence-electron chi connectivity index (χ3n) is 1.74. The first-order chi connectivity index (χ1) is 7.23. The van der Waals surface area contributed by atoms with Gasteiger partial charge in [-0.3, -0.25) is 14.7 Å². The Kier molecular flexibility index (Phi) is 3.48. The number of nitrogens with zero attached hydrogens (tertiary/aromatic N) is 1. The topological polar surface area (TPSA) is 118 Å². The molecular formula is C7H6ClNO6S. The molecule has 0 radical (unpaired) electrons. The fourth-order valence-electron chi connectivity index (χ4n) is 0.994. The third-order valence-corrected chi connectivity index (χ3v) is 2.90. The van der Waals surface area contributed by atoms with Crippen molar-refractivity contribution in [2.75, 3.05) is 0 Å². The number of hydrogen-bond donors (Lipinski definition) is 2. The minimum atomic E-state index is -4.77. The number of non-ortho nitro benzene ring substituents is 1. The van der Waals surface area contributed by atoms with Crippen LogP contribution in [0.4, 0.5) is 5.69 Å². The summed E-state index contributed by atoms with van der Waals surface area (Å²) in [6, 6.07) is 2.88. The first kappa shape index (κ1) is 12.8. The zero-order valence-electron chi connectivity index (χ0n) is 7.57. The van der Waals surface area contributed by atoms with E-state index in [1.54, 1.807) is 0 Å². The molecule has 0 aliphatic carbocycles. The van der Waals surface area contributed by atoms with Gasteiger partial charge in [-0.25, -0.2) is 0 Å². The van der Waals surface area contributed by atoms with E-state index >= 15 is 0 Å². The van der Waals surface area contributed by atoms with E-state index in [0.717, 1.165) is 18.2 Å². The van der Waals surface area contributed by atoms with E-state index in [-0.39, 0.29) is 5.02 Å². The van der Waals surface area contributed by atoms with E-state index < -0.39 is 31.7 Å². The van der Waals surface area contributed by atoms with E-state index in [1.807, 2.05) is 0 Å². The molecule has 0 heterocycles. The lowest BCUT2D eigenvalue weighted by atomic mass is 10.2. The molecule has 0 fully saturated rings. The highest BCUT2D eigenvalue weighted by molar-refractivity contribution is 7.85. The van der Waals surface area contributed by atoms with Crippen molar-refractivity contribution >= 4 is 27.4 Å². The molecule has 0 saturated carbocycles. The van der Waals surface area contributed by atoms with Gasteiger partial charge in [0.05, 0.1) is 4.92 Å². The van der Waals surface area contributed by atoms with Crippen molar-refractivity contribution in [1.82, 2.24) is 0 Å². The van der Waals surface area contributed by atoms with Crippen LogP contribution in [-0.4, -0.2) is 23.0 Å². The second-order valence-electron chi connectivity index (χ2n) is 2.83. The second-order valence-corrected chi connectivity index (χ2v) is 4.71. The molecule has 0 amide bonds. The van der Waals surface area contributed by atoms with Crippen LogP contribution in [0.25, 0.3) is 0 Å². The minimum Gasteiger partial charge on any atom is -0.371 e. The van der Waals surface area contributed by atoms with Crippen LogP contribution in [-0.2, 0) is 10.1 Å². The molecule has 2 N–H and O–H groups in total. The third kappa shape index (κ3) is 2.67. The number of hydrogen-bond acceptors (Lipinski definition) is 5. The smallest absolute Gasteiger partial charge is 0.296 e. The summed E-state index contributed by atoms with van der Waals surface area (Å²) in [5, 5.41) is 19.4. The SMILES string of the molecule is O=[N+]([O-])c1ccc(Cl)c(C(O)S(=O)(=O)O)c1. The van der Waals surface area contributed by atoms with Crippen LogP contribution in [0.1, 0.15) is 11.0 Å². The summed E-state index contributed by atoms with van der Waals surface area (Å²) in [4.78, 5) is 9.62. The van der Waals surface area contributed by atoms with Gasteiger partial charge in [0.2, 0.25) is 5.44 Å². The molecule has 1 rings (SSSR count). The van der Waals surface area contributed by atoms with Crippen LogP contribution in [0.5, 0.6) is 0 Å². The second kappa shape index (κ2) is 4.34. The van der Waals surface area contributed by atoms with E-state index in [1.165, 1.54) is 0 Å². The van der Waals surface area contributed by atoms with E-state index in [2.05, 4.69) is 0 Å². The van der Waals surface area contributed by atoms with Gasteiger partial charge in [0.1, 0.15) is 0 Å². The molecule has 7 nitrogen and oxygen atoms in total. The summed E-state index contributed by atoms with van der Waals surface area (Å²) < 4.78 is 29.9. The number of benzene rings is 1. The summed E-state index contributed by atoms with van der Waals surface area (Å²) >= 11 is 5.54. The lowest BCUT2D eigenvalue weighted by Gasteiger charge is -2.08. The maximum atomic E-state index is 10.6. The Morgan fingerprint density at radius 2 is 2.00 bits per heavy atom. The molecule has 9 heteroatoms. The normalized spacial score (nSPS) is 13.4. The average Bonchev–Trinajstić information content (AvgIpc) is 2.15. The highest BCUT2D eigenvalue weighted by atomic mass is 35.5. The van der Waals surface area contributed by atoms with Crippen LogP contribution < -0.4 is 0 Å². The van der Waals surface area contributed by atoms with Crippen molar-refractivity contribution in [2.45, 2.75) is 5.44 Å². The van der Waals surface area contributed by atoms with Crippen molar-refractivity contribution < 1.29 is 23.0 Å². The number of nitro benzene ring substituents is 1. The summed E-state index contributed by atoms with van der Waals surface area (Å²) in [6.07, 6.45) is 0. The number of nitro groups is 1. The molecular weight excluding hydrogens is 262 g/mol. The summed E-state index contributed by atoms with van der Waals surface area (Å²) in [7, 11) is -4.77. The van der Waals surface area contributed by atoms with Gasteiger partial charge >= 0.3 is 0 Å². The maximum Gasteiger partial charge on any atom is 0.296 e. The van der Waals surface area contributed by atoms with Gasteiger partial charge in [0.25, 0.3) is 15.8 Å². The quantitative estimate of drug-likeness (QED) is 0.481. The Balaban J connectivity index is 3.33. The number of aliphatic hydroxyl groups excluding tert-OH is 1. The molecule has 0 saturated heterocycles. The van der Waals surface area contributed by atoms with E-state index in [4.69, 9.17) is 16.2 Å². The highest BCUT2D eigenvalue weighted by Crippen LogP contribution is 2.29. The fourth-order valence-corrected chi connectivity index (χ4v) is 1.80. The van der Waals surface area contributed by atoms with Gasteiger partial charge in [0, 0.05) is 22.7 Å². The lowest BCUT2D eigenvalue weighted by Crippen LogP contribution is -2.12. The van der Waals surface area contributed by atoms with Crippen LogP contribution in [0.3, 0.4) is 0 Å². The van der Waals surface area contributed by atoms with E-state index in [0.29, 0.717) is 0 Å². The first-order valence-electron chi connectivity index (χ1n) is 3.81. The van der Waals surface area contributed by atoms with Crippen LogP contribution >= 0.6 is 11.6 Å². The predicted octanol–water partition coefficient (Wildman–Crippen LogP) is 1.13. The Hall–Kier alpha value is -1.22. The molecule has 1 unspecified atom stereocenters.